The maximum absolute atomic E-state index is 13.9. The Morgan fingerprint density at radius 1 is 1.23 bits per heavy atom. The standard InChI is InChI=1S/C23H30FN3O3/c1-25(5-6-28)14-18-3-4-22-19-7-17(13-27(22)23(18)29)12-26(15-19)11-16-8-20(24)10-21(9-16)30-2/h3-4,8-10,17,19,28H,5-7,11-15H2,1-2H3/t17-,19+/m0/s1. The van der Waals surface area contributed by atoms with Gasteiger partial charge in [0.05, 0.1) is 13.7 Å². The zero-order valence-electron chi connectivity index (χ0n) is 17.7. The van der Waals surface area contributed by atoms with E-state index in [9.17, 15) is 9.18 Å². The lowest BCUT2D eigenvalue weighted by Crippen LogP contribution is -2.47. The van der Waals surface area contributed by atoms with Crippen molar-refractivity contribution in [3.63, 3.8) is 0 Å². The summed E-state index contributed by atoms with van der Waals surface area (Å²) in [4.78, 5) is 17.4. The Kier molecular flexibility index (Phi) is 6.22. The summed E-state index contributed by atoms with van der Waals surface area (Å²) in [6.07, 6.45) is 1.09. The minimum atomic E-state index is -0.280. The Morgan fingerprint density at radius 2 is 2.07 bits per heavy atom. The fourth-order valence-corrected chi connectivity index (χ4v) is 4.97. The zero-order chi connectivity index (χ0) is 21.3. The molecule has 2 atom stereocenters. The van der Waals surface area contributed by atoms with Crippen LogP contribution in [-0.4, -0.2) is 59.9 Å². The van der Waals surface area contributed by atoms with Crippen LogP contribution in [-0.2, 0) is 19.6 Å². The van der Waals surface area contributed by atoms with Crippen molar-refractivity contribution < 1.29 is 14.2 Å². The van der Waals surface area contributed by atoms with E-state index < -0.39 is 0 Å². The van der Waals surface area contributed by atoms with Gasteiger partial charge in [-0.3, -0.25) is 14.6 Å². The topological polar surface area (TPSA) is 57.9 Å². The second-order valence-corrected chi connectivity index (χ2v) is 8.65. The highest BCUT2D eigenvalue weighted by molar-refractivity contribution is 5.30. The number of likely N-dealkylation sites (tertiary alicyclic amines) is 1. The van der Waals surface area contributed by atoms with Gasteiger partial charge in [-0.05, 0) is 43.1 Å². The molecule has 30 heavy (non-hydrogen) atoms. The number of methoxy groups -OCH3 is 1. The van der Waals surface area contributed by atoms with Gasteiger partial charge in [0, 0.05) is 62.5 Å². The molecule has 6 nitrogen and oxygen atoms in total. The summed E-state index contributed by atoms with van der Waals surface area (Å²) in [7, 11) is 3.46. The number of nitrogens with zero attached hydrogens (tertiary/aromatic N) is 3. The van der Waals surface area contributed by atoms with Crippen LogP contribution in [0.3, 0.4) is 0 Å². The molecule has 0 saturated carbocycles. The van der Waals surface area contributed by atoms with Crippen LogP contribution in [0.25, 0.3) is 0 Å². The van der Waals surface area contributed by atoms with Crippen LogP contribution in [0.15, 0.2) is 35.1 Å². The second-order valence-electron chi connectivity index (χ2n) is 8.65. The van der Waals surface area contributed by atoms with E-state index in [1.54, 1.807) is 13.2 Å². The molecule has 1 aromatic heterocycles. The van der Waals surface area contributed by atoms with Gasteiger partial charge in [0.2, 0.25) is 0 Å². The molecule has 0 aliphatic carbocycles. The van der Waals surface area contributed by atoms with Gasteiger partial charge in [0.15, 0.2) is 0 Å². The molecule has 0 amide bonds. The maximum Gasteiger partial charge on any atom is 0.255 e. The Morgan fingerprint density at radius 3 is 2.83 bits per heavy atom. The SMILES string of the molecule is COc1cc(F)cc(CN2C[C@@H]3C[C@H](C2)c2ccc(CN(C)CCO)c(=O)n2C3)c1. The van der Waals surface area contributed by atoms with E-state index in [2.05, 4.69) is 11.0 Å². The molecule has 0 unspecified atom stereocenters. The van der Waals surface area contributed by atoms with Crippen molar-refractivity contribution in [2.75, 3.05) is 40.4 Å². The fourth-order valence-electron chi connectivity index (χ4n) is 4.97. The lowest BCUT2D eigenvalue weighted by atomic mass is 9.82. The number of benzene rings is 1. The normalized spacial score (nSPS) is 21.0. The van der Waals surface area contributed by atoms with Crippen molar-refractivity contribution >= 4 is 0 Å². The highest BCUT2D eigenvalue weighted by Gasteiger charge is 2.35. The van der Waals surface area contributed by atoms with E-state index in [-0.39, 0.29) is 18.0 Å². The molecule has 2 aliphatic rings. The van der Waals surface area contributed by atoms with Gasteiger partial charge in [-0.15, -0.1) is 0 Å². The number of halogens is 1. The average molecular weight is 416 g/mol. The van der Waals surface area contributed by atoms with Gasteiger partial charge in [-0.25, -0.2) is 4.39 Å². The smallest absolute Gasteiger partial charge is 0.255 e. The number of hydrogen-bond acceptors (Lipinski definition) is 5. The third-order valence-corrected chi connectivity index (χ3v) is 6.25. The average Bonchev–Trinajstić information content (AvgIpc) is 2.70. The number of pyridine rings is 1. The number of hydrogen-bond donors (Lipinski definition) is 1. The number of likely N-dealkylation sites (N-methyl/N-ethyl adjacent to an activating group) is 1. The van der Waals surface area contributed by atoms with Crippen LogP contribution in [0.2, 0.25) is 0 Å². The number of aliphatic hydroxyl groups is 1. The van der Waals surface area contributed by atoms with Crippen molar-refractivity contribution in [3.8, 4) is 5.75 Å². The summed E-state index contributed by atoms with van der Waals surface area (Å²) in [6, 6.07) is 8.89. The first-order valence-electron chi connectivity index (χ1n) is 10.5. The summed E-state index contributed by atoms with van der Waals surface area (Å²) < 4.78 is 21.0. The van der Waals surface area contributed by atoms with Crippen LogP contribution >= 0.6 is 0 Å². The number of rotatable bonds is 7. The summed E-state index contributed by atoms with van der Waals surface area (Å²) in [6.45, 7) is 4.34. The molecule has 2 aliphatic heterocycles. The van der Waals surface area contributed by atoms with Crippen molar-refractivity contribution in [1.29, 1.82) is 0 Å². The Labute approximate surface area is 176 Å². The van der Waals surface area contributed by atoms with Crippen molar-refractivity contribution in [3.05, 3.63) is 63.3 Å². The molecular formula is C23H30FN3O3. The Hall–Kier alpha value is -2.22. The quantitative estimate of drug-likeness (QED) is 0.750. The molecule has 3 heterocycles. The summed E-state index contributed by atoms with van der Waals surface area (Å²) in [5, 5.41) is 9.10. The van der Waals surface area contributed by atoms with Crippen molar-refractivity contribution in [1.82, 2.24) is 14.4 Å². The van der Waals surface area contributed by atoms with Gasteiger partial charge < -0.3 is 14.4 Å². The van der Waals surface area contributed by atoms with Gasteiger partial charge in [0.1, 0.15) is 11.6 Å². The monoisotopic (exact) mass is 415 g/mol. The predicted octanol–water partition coefficient (Wildman–Crippen LogP) is 2.04. The number of ether oxygens (including phenoxy) is 1. The molecule has 162 valence electrons. The zero-order valence-corrected chi connectivity index (χ0v) is 17.7. The van der Waals surface area contributed by atoms with Gasteiger partial charge >= 0.3 is 0 Å². The summed E-state index contributed by atoms with van der Waals surface area (Å²) in [5.74, 6) is 0.981. The molecule has 4 rings (SSSR count). The van der Waals surface area contributed by atoms with E-state index >= 15 is 0 Å². The highest BCUT2D eigenvalue weighted by Crippen LogP contribution is 2.36. The van der Waals surface area contributed by atoms with Crippen molar-refractivity contribution in [2.45, 2.75) is 32.0 Å². The van der Waals surface area contributed by atoms with Crippen LogP contribution in [0.5, 0.6) is 5.75 Å². The minimum absolute atomic E-state index is 0.0833. The van der Waals surface area contributed by atoms with E-state index in [4.69, 9.17) is 9.84 Å². The molecule has 1 saturated heterocycles. The molecule has 7 heteroatoms. The predicted molar refractivity (Wildman–Crippen MR) is 113 cm³/mol. The first-order valence-corrected chi connectivity index (χ1v) is 10.5. The number of fused-ring (bicyclic) bond motifs is 4. The fraction of sp³-hybridized carbons (Fsp3) is 0.522. The molecular weight excluding hydrogens is 385 g/mol. The first kappa shape index (κ1) is 21.0. The molecule has 0 radical (unpaired) electrons. The van der Waals surface area contributed by atoms with Gasteiger partial charge in [0.25, 0.3) is 5.56 Å². The van der Waals surface area contributed by atoms with Crippen LogP contribution in [0.1, 0.15) is 29.2 Å². The van der Waals surface area contributed by atoms with E-state index in [1.807, 2.05) is 28.6 Å². The number of aromatic nitrogens is 1. The summed E-state index contributed by atoms with van der Waals surface area (Å²) >= 11 is 0. The second kappa shape index (κ2) is 8.88. The maximum atomic E-state index is 13.9. The molecule has 1 N–H and O–H groups in total. The lowest BCUT2D eigenvalue weighted by Gasteiger charge is -2.43. The molecule has 1 fully saturated rings. The molecule has 2 bridgehead atoms. The van der Waals surface area contributed by atoms with E-state index in [1.165, 1.54) is 6.07 Å². The van der Waals surface area contributed by atoms with Gasteiger partial charge in [-0.2, -0.15) is 0 Å². The Balaban J connectivity index is 1.52. The Bertz CT molecular complexity index is 961. The third-order valence-electron chi connectivity index (χ3n) is 6.25. The lowest BCUT2D eigenvalue weighted by molar-refractivity contribution is 0.114. The van der Waals surface area contributed by atoms with Crippen molar-refractivity contribution in [2.24, 2.45) is 5.92 Å². The molecule has 1 aromatic carbocycles. The van der Waals surface area contributed by atoms with Crippen LogP contribution < -0.4 is 10.3 Å². The molecule has 0 spiro atoms. The van der Waals surface area contributed by atoms with E-state index in [0.29, 0.717) is 37.2 Å². The largest absolute Gasteiger partial charge is 0.497 e. The number of piperidine rings is 1. The first-order chi connectivity index (χ1) is 14.5. The highest BCUT2D eigenvalue weighted by atomic mass is 19.1. The van der Waals surface area contributed by atoms with Gasteiger partial charge in [-0.1, -0.05) is 6.07 Å². The summed E-state index contributed by atoms with van der Waals surface area (Å²) in [5.41, 5.74) is 2.88. The van der Waals surface area contributed by atoms with E-state index in [0.717, 1.165) is 42.9 Å². The van der Waals surface area contributed by atoms with Crippen LogP contribution in [0.4, 0.5) is 4.39 Å². The molecule has 2 aromatic rings. The number of aliphatic hydroxyl groups excluding tert-OH is 1. The third kappa shape index (κ3) is 4.43. The minimum Gasteiger partial charge on any atom is -0.497 e. The van der Waals surface area contributed by atoms with Crippen LogP contribution in [0, 0.1) is 11.7 Å².